The third kappa shape index (κ3) is 2.97. The highest BCUT2D eigenvalue weighted by molar-refractivity contribution is 7.80. The molecule has 23 heavy (non-hydrogen) atoms. The fourth-order valence-electron chi connectivity index (χ4n) is 2.31. The predicted molar refractivity (Wildman–Crippen MR) is 81.8 cm³/mol. The highest BCUT2D eigenvalue weighted by Crippen LogP contribution is 2.34. The molecule has 1 aliphatic heterocycles. The van der Waals surface area contributed by atoms with Gasteiger partial charge in [0.1, 0.15) is 6.04 Å². The fraction of sp³-hybridized carbons (Fsp3) is 0.154. The molecule has 9 nitrogen and oxygen atoms in total. The van der Waals surface area contributed by atoms with Crippen LogP contribution in [0, 0.1) is 10.1 Å². The van der Waals surface area contributed by atoms with E-state index in [1.165, 1.54) is 31.2 Å². The van der Waals surface area contributed by atoms with E-state index in [9.17, 15) is 29.9 Å². The number of nitrogens with zero attached hydrogens (tertiary/aromatic N) is 2. The minimum Gasteiger partial charge on any atom is -0.478 e. The molecule has 1 aliphatic rings. The number of nitro groups is 1. The number of carbonyl (C=O) groups is 2. The molecule has 1 atom stereocenters. The van der Waals surface area contributed by atoms with Gasteiger partial charge in [-0.1, -0.05) is 0 Å². The molecule has 1 heterocycles. The highest BCUT2D eigenvalue weighted by atomic mass is 32.1. The third-order valence-corrected chi connectivity index (χ3v) is 3.60. The number of rotatable bonds is 3. The van der Waals surface area contributed by atoms with Gasteiger partial charge in [-0.25, -0.2) is 14.5 Å². The zero-order valence-corrected chi connectivity index (χ0v) is 12.5. The number of aliphatic carboxylic acids is 1. The first kappa shape index (κ1) is 16.4. The summed E-state index contributed by atoms with van der Waals surface area (Å²) in [6.45, 7) is 1.47. The number of allylic oxidation sites excluding steroid dienone is 1. The van der Waals surface area contributed by atoms with Crippen LogP contribution in [0.15, 0.2) is 35.5 Å². The van der Waals surface area contributed by atoms with Gasteiger partial charge in [0.25, 0.3) is 5.69 Å². The van der Waals surface area contributed by atoms with Crippen LogP contribution in [-0.4, -0.2) is 37.2 Å². The lowest BCUT2D eigenvalue weighted by atomic mass is 9.94. The maximum absolute atomic E-state index is 11.5. The number of amides is 1. The van der Waals surface area contributed by atoms with Crippen molar-refractivity contribution in [2.75, 3.05) is 0 Å². The number of benzene rings is 1. The second-order valence-electron chi connectivity index (χ2n) is 4.68. The number of nitro benzene ring substituents is 1. The first-order valence-corrected chi connectivity index (χ1v) is 6.66. The lowest BCUT2D eigenvalue weighted by Crippen LogP contribution is -2.50. The molecule has 1 amide bonds. The van der Waals surface area contributed by atoms with E-state index in [1.807, 2.05) is 0 Å². The minimum absolute atomic E-state index is 0.164. The molecule has 0 radical (unpaired) electrons. The molecule has 0 bridgehead atoms. The molecule has 120 valence electrons. The quantitative estimate of drug-likeness (QED) is 0.432. The number of nitrogens with one attached hydrogen (secondary N) is 1. The van der Waals surface area contributed by atoms with Crippen LogP contribution in [0.4, 0.5) is 10.5 Å². The van der Waals surface area contributed by atoms with Crippen molar-refractivity contribution in [3.8, 4) is 0 Å². The lowest BCUT2D eigenvalue weighted by Gasteiger charge is -2.35. The van der Waals surface area contributed by atoms with Crippen molar-refractivity contribution in [1.29, 1.82) is 0 Å². The van der Waals surface area contributed by atoms with E-state index in [2.05, 4.69) is 5.32 Å². The Kier molecular flexibility index (Phi) is 4.27. The summed E-state index contributed by atoms with van der Waals surface area (Å²) in [5.74, 6) is -1.31. The van der Waals surface area contributed by atoms with E-state index in [0.29, 0.717) is 4.90 Å². The van der Waals surface area contributed by atoms with Crippen LogP contribution in [-0.2, 0) is 4.79 Å². The number of carboxylic acid groups (broad SMARTS) is 2. The van der Waals surface area contributed by atoms with E-state index in [1.54, 1.807) is 0 Å². The number of thiocarbonyl (C=S) groups is 1. The van der Waals surface area contributed by atoms with E-state index in [0.717, 1.165) is 0 Å². The number of hydrogen-bond acceptors (Lipinski definition) is 5. The molecule has 0 aliphatic carbocycles. The SMILES string of the molecule is CC1=C(C(=O)O)C(c2ccc([N+](=O)[O-])cc2)N(C(=O)O)C(=S)N1. The van der Waals surface area contributed by atoms with Crippen molar-refractivity contribution in [3.63, 3.8) is 0 Å². The molecule has 0 aromatic heterocycles. The van der Waals surface area contributed by atoms with Gasteiger partial charge in [0, 0.05) is 17.8 Å². The normalized spacial score (nSPS) is 17.7. The van der Waals surface area contributed by atoms with Crippen LogP contribution < -0.4 is 5.32 Å². The molecule has 3 N–H and O–H groups in total. The zero-order chi connectivity index (χ0) is 17.3. The molecule has 1 aromatic rings. The molecular formula is C13H11N3O6S. The molecule has 10 heteroatoms. The molecule has 2 rings (SSSR count). The predicted octanol–water partition coefficient (Wildman–Crippen LogP) is 1.86. The maximum atomic E-state index is 11.5. The Labute approximate surface area is 135 Å². The molecule has 0 saturated heterocycles. The molecular weight excluding hydrogens is 326 g/mol. The van der Waals surface area contributed by atoms with Crippen molar-refractivity contribution >= 4 is 35.1 Å². The highest BCUT2D eigenvalue weighted by Gasteiger charge is 2.39. The van der Waals surface area contributed by atoms with Crippen molar-refractivity contribution < 1.29 is 24.7 Å². The monoisotopic (exact) mass is 337 g/mol. The summed E-state index contributed by atoms with van der Waals surface area (Å²) in [5, 5.41) is 31.8. The van der Waals surface area contributed by atoms with Gasteiger partial charge in [-0.15, -0.1) is 0 Å². The zero-order valence-electron chi connectivity index (χ0n) is 11.7. The van der Waals surface area contributed by atoms with Gasteiger partial charge in [0.15, 0.2) is 5.11 Å². The number of carboxylic acids is 1. The maximum Gasteiger partial charge on any atom is 0.414 e. The van der Waals surface area contributed by atoms with E-state index >= 15 is 0 Å². The summed E-state index contributed by atoms with van der Waals surface area (Å²) in [5.41, 5.74) is 0.0847. The molecule has 0 fully saturated rings. The molecule has 0 saturated carbocycles. The Morgan fingerprint density at radius 3 is 2.30 bits per heavy atom. The van der Waals surface area contributed by atoms with Crippen LogP contribution >= 0.6 is 12.2 Å². The van der Waals surface area contributed by atoms with Gasteiger partial charge in [-0.3, -0.25) is 10.1 Å². The van der Waals surface area contributed by atoms with Gasteiger partial charge in [0.05, 0.1) is 10.5 Å². The van der Waals surface area contributed by atoms with Crippen molar-refractivity contribution in [2.45, 2.75) is 13.0 Å². The number of hydrogen-bond donors (Lipinski definition) is 3. The molecule has 1 aromatic carbocycles. The van der Waals surface area contributed by atoms with Crippen molar-refractivity contribution in [2.24, 2.45) is 0 Å². The standard InChI is InChI=1S/C13H11N3O6S/c1-6-9(11(17)18)10(15(13(19)20)12(23)14-6)7-2-4-8(5-3-7)16(21)22/h2-5,10H,1H3,(H,14,23)(H,17,18)(H,19,20). The summed E-state index contributed by atoms with van der Waals surface area (Å²) in [4.78, 5) is 33.8. The summed E-state index contributed by atoms with van der Waals surface area (Å²) >= 11 is 4.96. The van der Waals surface area contributed by atoms with Crippen molar-refractivity contribution in [1.82, 2.24) is 10.2 Å². The molecule has 1 unspecified atom stereocenters. The first-order valence-electron chi connectivity index (χ1n) is 6.25. The van der Waals surface area contributed by atoms with Crippen LogP contribution in [0.5, 0.6) is 0 Å². The van der Waals surface area contributed by atoms with Gasteiger partial charge in [-0.05, 0) is 36.8 Å². The third-order valence-electron chi connectivity index (χ3n) is 3.31. The second-order valence-corrected chi connectivity index (χ2v) is 5.06. The minimum atomic E-state index is -1.43. The first-order chi connectivity index (χ1) is 10.7. The van der Waals surface area contributed by atoms with Gasteiger partial charge < -0.3 is 15.5 Å². The summed E-state index contributed by atoms with van der Waals surface area (Å²) < 4.78 is 0. The Balaban J connectivity index is 2.61. The van der Waals surface area contributed by atoms with E-state index < -0.39 is 23.0 Å². The fourth-order valence-corrected chi connectivity index (χ4v) is 2.64. The lowest BCUT2D eigenvalue weighted by molar-refractivity contribution is -0.384. The average molecular weight is 337 g/mol. The van der Waals surface area contributed by atoms with Crippen LogP contribution in [0.1, 0.15) is 18.5 Å². The summed E-state index contributed by atoms with van der Waals surface area (Å²) in [6, 6.07) is 3.77. The van der Waals surface area contributed by atoms with E-state index in [-0.39, 0.29) is 27.6 Å². The molecule has 0 spiro atoms. The van der Waals surface area contributed by atoms with Gasteiger partial charge in [0.2, 0.25) is 0 Å². The van der Waals surface area contributed by atoms with Crippen LogP contribution in [0.2, 0.25) is 0 Å². The second kappa shape index (κ2) is 6.01. The Bertz CT molecular complexity index is 743. The van der Waals surface area contributed by atoms with Crippen molar-refractivity contribution in [3.05, 3.63) is 51.2 Å². The van der Waals surface area contributed by atoms with Gasteiger partial charge >= 0.3 is 12.1 Å². The Morgan fingerprint density at radius 1 is 1.30 bits per heavy atom. The topological polar surface area (TPSA) is 133 Å². The Hall–Kier alpha value is -3.01. The van der Waals surface area contributed by atoms with Crippen LogP contribution in [0.25, 0.3) is 0 Å². The summed E-state index contributed by atoms with van der Waals surface area (Å²) in [7, 11) is 0. The van der Waals surface area contributed by atoms with E-state index in [4.69, 9.17) is 12.2 Å². The van der Waals surface area contributed by atoms with Gasteiger partial charge in [-0.2, -0.15) is 0 Å². The largest absolute Gasteiger partial charge is 0.478 e. The smallest absolute Gasteiger partial charge is 0.414 e. The Morgan fingerprint density at radius 2 is 1.87 bits per heavy atom. The van der Waals surface area contributed by atoms with Crippen LogP contribution in [0.3, 0.4) is 0 Å². The number of non-ortho nitro benzene ring substituents is 1. The summed E-state index contributed by atoms with van der Waals surface area (Å²) in [6.07, 6.45) is -1.43. The average Bonchev–Trinajstić information content (AvgIpc) is 2.45.